The van der Waals surface area contributed by atoms with Crippen LogP contribution in [0.2, 0.25) is 0 Å². The second kappa shape index (κ2) is 10.2. The fourth-order valence-corrected chi connectivity index (χ4v) is 5.60. The molecule has 0 radical (unpaired) electrons. The second-order valence-corrected chi connectivity index (χ2v) is 9.79. The molecule has 1 fully saturated rings. The van der Waals surface area contributed by atoms with Crippen LogP contribution in [0.4, 0.5) is 13.2 Å². The van der Waals surface area contributed by atoms with Crippen LogP contribution in [0.25, 0.3) is 10.1 Å². The number of carbonyl (C=O) groups is 2. The molecule has 0 spiro atoms. The molecule has 4 aromatic rings. The highest BCUT2D eigenvalue weighted by Gasteiger charge is 2.36. The van der Waals surface area contributed by atoms with Gasteiger partial charge in [-0.15, -0.1) is 24.5 Å². The van der Waals surface area contributed by atoms with Crippen molar-refractivity contribution in [2.45, 2.75) is 24.7 Å². The molecule has 2 amide bonds. The van der Waals surface area contributed by atoms with E-state index in [-0.39, 0.29) is 17.4 Å². The topological polar surface area (TPSA) is 71.5 Å². The Morgan fingerprint density at radius 2 is 1.81 bits per heavy atom. The molecule has 5 rings (SSSR count). The fourth-order valence-electron chi connectivity index (χ4n) is 4.61. The van der Waals surface area contributed by atoms with Gasteiger partial charge in [0.2, 0.25) is 0 Å². The zero-order valence-corrected chi connectivity index (χ0v) is 20.3. The highest BCUT2D eigenvalue weighted by Crippen LogP contribution is 2.32. The molecule has 10 heteroatoms. The molecule has 0 saturated carbocycles. The summed E-state index contributed by atoms with van der Waals surface area (Å²) in [5.74, 6) is -1.58. The maximum atomic E-state index is 13.4. The first-order valence-electron chi connectivity index (χ1n) is 11.6. The summed E-state index contributed by atoms with van der Waals surface area (Å²) in [6.07, 6.45) is -1.07. The van der Waals surface area contributed by atoms with Crippen LogP contribution in [0.1, 0.15) is 37.9 Å². The zero-order valence-electron chi connectivity index (χ0n) is 19.4. The molecule has 6 nitrogen and oxygen atoms in total. The minimum Gasteiger partial charge on any atom is -0.405 e. The summed E-state index contributed by atoms with van der Waals surface area (Å²) in [5, 5.41) is 3.85. The molecule has 190 valence electrons. The number of alkyl halides is 3. The van der Waals surface area contributed by atoms with E-state index >= 15 is 0 Å². The van der Waals surface area contributed by atoms with Crippen LogP contribution in [0, 0.1) is 0 Å². The van der Waals surface area contributed by atoms with Crippen LogP contribution in [0.15, 0.2) is 79.1 Å². The highest BCUT2D eigenvalue weighted by atomic mass is 32.1. The summed E-state index contributed by atoms with van der Waals surface area (Å²) in [5.41, 5.74) is 0.717. The summed E-state index contributed by atoms with van der Waals surface area (Å²) in [6.45, 7) is 0.737. The maximum Gasteiger partial charge on any atom is 0.573 e. The van der Waals surface area contributed by atoms with E-state index in [1.165, 1.54) is 29.5 Å². The van der Waals surface area contributed by atoms with Gasteiger partial charge in [-0.3, -0.25) is 14.6 Å². The molecule has 0 unspecified atom stereocenters. The monoisotopic (exact) mass is 525 g/mol. The molecule has 2 aromatic heterocycles. The lowest BCUT2D eigenvalue weighted by Gasteiger charge is -2.39. The lowest BCUT2D eigenvalue weighted by atomic mass is 9.85. The van der Waals surface area contributed by atoms with E-state index in [0.29, 0.717) is 24.4 Å². The normalized spacial score (nSPS) is 18.0. The van der Waals surface area contributed by atoms with Gasteiger partial charge < -0.3 is 15.0 Å². The third-order valence-corrected chi connectivity index (χ3v) is 7.41. The number of likely N-dealkylation sites (tertiary alicyclic amines) is 1. The molecular formula is C27H22F3N3O3S. The molecule has 2 atom stereocenters. The molecule has 2 aromatic carbocycles. The number of nitrogens with one attached hydrogen (secondary N) is 1. The molecule has 0 aliphatic carbocycles. The van der Waals surface area contributed by atoms with Gasteiger partial charge in [0.15, 0.2) is 0 Å². The van der Waals surface area contributed by atoms with Gasteiger partial charge in [-0.05, 0) is 41.6 Å². The van der Waals surface area contributed by atoms with Crippen molar-refractivity contribution in [2.24, 2.45) is 0 Å². The Kier molecular flexibility index (Phi) is 6.84. The Morgan fingerprint density at radius 1 is 1.05 bits per heavy atom. The predicted octanol–water partition coefficient (Wildman–Crippen LogP) is 5.62. The predicted molar refractivity (Wildman–Crippen MR) is 134 cm³/mol. The number of amides is 2. The summed E-state index contributed by atoms with van der Waals surface area (Å²) in [4.78, 5) is 33.0. The van der Waals surface area contributed by atoms with Crippen molar-refractivity contribution in [2.75, 3.05) is 13.1 Å². The first-order chi connectivity index (χ1) is 17.8. The van der Waals surface area contributed by atoms with E-state index in [2.05, 4.69) is 15.0 Å². The lowest BCUT2D eigenvalue weighted by Crippen LogP contribution is -2.51. The van der Waals surface area contributed by atoms with Crippen molar-refractivity contribution in [1.29, 1.82) is 0 Å². The molecule has 0 bridgehead atoms. The van der Waals surface area contributed by atoms with Crippen LogP contribution in [0.3, 0.4) is 0 Å². The minimum atomic E-state index is -4.92. The number of halogens is 3. The molecule has 3 heterocycles. The average molecular weight is 526 g/mol. The summed E-state index contributed by atoms with van der Waals surface area (Å²) in [6, 6.07) is 18.0. The highest BCUT2D eigenvalue weighted by molar-refractivity contribution is 7.20. The Balaban J connectivity index is 1.38. The Morgan fingerprint density at radius 3 is 2.57 bits per heavy atom. The van der Waals surface area contributed by atoms with Crippen molar-refractivity contribution in [3.63, 3.8) is 0 Å². The van der Waals surface area contributed by atoms with Crippen LogP contribution >= 0.6 is 11.3 Å². The number of ether oxygens (including phenoxy) is 1. The smallest absolute Gasteiger partial charge is 0.405 e. The zero-order chi connectivity index (χ0) is 26.0. The first-order valence-corrected chi connectivity index (χ1v) is 12.4. The molecule has 1 N–H and O–H groups in total. The molecule has 1 aliphatic rings. The Bertz CT molecular complexity index is 1390. The average Bonchev–Trinajstić information content (AvgIpc) is 3.33. The quantitative estimate of drug-likeness (QED) is 0.367. The standard InChI is InChI=1S/C27H22F3N3O3S/c28-27(29,30)36-22-9-5-4-8-19(22)25(34)32-21-11-13-33(16-20(21)17-6-2-1-3-7-17)26(35)23-14-18-10-12-31-15-24(18)37-23/h1-10,12,14-15,20-21H,11,13,16H2,(H,32,34)/t20-,21-/m1/s1. The van der Waals surface area contributed by atoms with E-state index in [1.54, 1.807) is 17.3 Å². The van der Waals surface area contributed by atoms with Gasteiger partial charge >= 0.3 is 6.36 Å². The molecule has 37 heavy (non-hydrogen) atoms. The number of hydrogen-bond acceptors (Lipinski definition) is 5. The van der Waals surface area contributed by atoms with Crippen LogP contribution in [-0.2, 0) is 0 Å². The number of hydrogen-bond donors (Lipinski definition) is 1. The molecular weight excluding hydrogens is 503 g/mol. The lowest BCUT2D eigenvalue weighted by molar-refractivity contribution is -0.274. The number of para-hydroxylation sites is 1. The number of benzene rings is 2. The largest absolute Gasteiger partial charge is 0.573 e. The number of nitrogens with zero attached hydrogens (tertiary/aromatic N) is 2. The summed E-state index contributed by atoms with van der Waals surface area (Å²) in [7, 11) is 0. The van der Waals surface area contributed by atoms with E-state index in [0.717, 1.165) is 21.7 Å². The summed E-state index contributed by atoms with van der Waals surface area (Å²) >= 11 is 1.38. The second-order valence-electron chi connectivity index (χ2n) is 8.71. The maximum absolute atomic E-state index is 13.4. The Labute approximate surface area is 214 Å². The van der Waals surface area contributed by atoms with Crippen molar-refractivity contribution >= 4 is 33.2 Å². The van der Waals surface area contributed by atoms with E-state index in [9.17, 15) is 22.8 Å². The summed E-state index contributed by atoms with van der Waals surface area (Å²) < 4.78 is 43.6. The van der Waals surface area contributed by atoms with Gasteiger partial charge in [0.25, 0.3) is 11.8 Å². The third kappa shape index (κ3) is 5.59. The molecule has 1 saturated heterocycles. The number of pyridine rings is 1. The van der Waals surface area contributed by atoms with Crippen molar-refractivity contribution in [3.05, 3.63) is 95.1 Å². The number of piperidine rings is 1. The van der Waals surface area contributed by atoms with Crippen molar-refractivity contribution in [1.82, 2.24) is 15.2 Å². The first kappa shape index (κ1) is 24.8. The van der Waals surface area contributed by atoms with Gasteiger partial charge in [0, 0.05) is 37.4 Å². The van der Waals surface area contributed by atoms with E-state index in [1.807, 2.05) is 42.5 Å². The van der Waals surface area contributed by atoms with E-state index < -0.39 is 24.1 Å². The minimum absolute atomic E-state index is 0.101. The van der Waals surface area contributed by atoms with Gasteiger partial charge in [0.05, 0.1) is 15.1 Å². The van der Waals surface area contributed by atoms with Gasteiger partial charge in [-0.25, -0.2) is 0 Å². The SMILES string of the molecule is O=C(N[C@@H]1CCN(C(=O)c2cc3ccncc3s2)C[C@@H]1c1ccccc1)c1ccccc1OC(F)(F)F. The fraction of sp³-hybridized carbons (Fsp3) is 0.222. The van der Waals surface area contributed by atoms with Gasteiger partial charge in [-0.2, -0.15) is 0 Å². The Hall–Kier alpha value is -3.92. The number of rotatable bonds is 5. The number of carbonyl (C=O) groups excluding carboxylic acids is 2. The number of aromatic nitrogens is 1. The van der Waals surface area contributed by atoms with Crippen molar-refractivity contribution in [3.8, 4) is 5.75 Å². The van der Waals surface area contributed by atoms with Gasteiger partial charge in [-0.1, -0.05) is 42.5 Å². The number of thiophene rings is 1. The molecule has 1 aliphatic heterocycles. The third-order valence-electron chi connectivity index (χ3n) is 6.34. The van der Waals surface area contributed by atoms with Crippen molar-refractivity contribution < 1.29 is 27.5 Å². The van der Waals surface area contributed by atoms with Crippen LogP contribution in [0.5, 0.6) is 5.75 Å². The van der Waals surface area contributed by atoms with Crippen LogP contribution < -0.4 is 10.1 Å². The van der Waals surface area contributed by atoms with E-state index in [4.69, 9.17) is 0 Å². The number of fused-ring (bicyclic) bond motifs is 1. The van der Waals surface area contributed by atoms with Gasteiger partial charge in [0.1, 0.15) is 5.75 Å². The van der Waals surface area contributed by atoms with Crippen LogP contribution in [-0.4, -0.2) is 47.2 Å².